The highest BCUT2D eigenvalue weighted by Gasteiger charge is 2.19. The van der Waals surface area contributed by atoms with Gasteiger partial charge in [-0.1, -0.05) is 6.07 Å². The monoisotopic (exact) mass is 370 g/mol. The molecule has 1 amide bonds. The first-order chi connectivity index (χ1) is 12.4. The van der Waals surface area contributed by atoms with Gasteiger partial charge < -0.3 is 10.1 Å². The fourth-order valence-corrected chi connectivity index (χ4v) is 2.98. The van der Waals surface area contributed by atoms with Crippen molar-refractivity contribution in [3.8, 4) is 6.07 Å². The summed E-state index contributed by atoms with van der Waals surface area (Å²) in [5.41, 5.74) is 0.856. The normalized spacial score (nSPS) is 11.3. The maximum Gasteiger partial charge on any atom is 0.307 e. The second kappa shape index (κ2) is 8.92. The molecule has 0 radical (unpaired) electrons. The maximum atomic E-state index is 12.1. The van der Waals surface area contributed by atoms with E-state index in [9.17, 15) is 14.4 Å². The molecule has 0 spiro atoms. The number of thiophene rings is 1. The van der Waals surface area contributed by atoms with Crippen LogP contribution in [0.15, 0.2) is 36.4 Å². The summed E-state index contributed by atoms with van der Waals surface area (Å²) in [6.45, 7) is 3.36. The molecule has 0 bridgehead atoms. The molecule has 6 nitrogen and oxygen atoms in total. The molecule has 0 fully saturated rings. The minimum atomic E-state index is -1.01. The lowest BCUT2D eigenvalue weighted by molar-refractivity contribution is -0.153. The van der Waals surface area contributed by atoms with Crippen LogP contribution in [0.2, 0.25) is 0 Å². The third-order valence-electron chi connectivity index (χ3n) is 3.51. The zero-order valence-corrected chi connectivity index (χ0v) is 15.3. The molecule has 0 aliphatic heterocycles. The van der Waals surface area contributed by atoms with Crippen molar-refractivity contribution in [2.75, 3.05) is 5.32 Å². The Morgan fingerprint density at radius 2 is 2.00 bits per heavy atom. The zero-order valence-electron chi connectivity index (χ0n) is 14.4. The molecule has 0 aliphatic rings. The van der Waals surface area contributed by atoms with Gasteiger partial charge in [0.25, 0.3) is 5.91 Å². The smallest absolute Gasteiger partial charge is 0.307 e. The summed E-state index contributed by atoms with van der Waals surface area (Å²) in [6, 6.07) is 12.0. The van der Waals surface area contributed by atoms with E-state index in [4.69, 9.17) is 10.00 Å². The number of esters is 1. The molecule has 1 N–H and O–H groups in total. The van der Waals surface area contributed by atoms with Crippen LogP contribution in [0, 0.1) is 18.3 Å². The van der Waals surface area contributed by atoms with Crippen molar-refractivity contribution in [3.63, 3.8) is 0 Å². The molecule has 1 heterocycles. The van der Waals surface area contributed by atoms with E-state index >= 15 is 0 Å². The average Bonchev–Trinajstić information content (AvgIpc) is 3.06. The minimum absolute atomic E-state index is 0.0390. The standard InChI is InChI=1S/C19H18N2O4S/c1-12-6-8-17(26-12)16(22)7-9-18(23)25-13(2)19(24)21-15-5-3-4-14(10-15)11-20/h3-6,8,10,13H,7,9H2,1-2H3,(H,21,24)/t13-/m0/s1. The number of aryl methyl sites for hydroxylation is 1. The van der Waals surface area contributed by atoms with Crippen LogP contribution in [0.4, 0.5) is 5.69 Å². The predicted molar refractivity (Wildman–Crippen MR) is 98.0 cm³/mol. The van der Waals surface area contributed by atoms with Crippen molar-refractivity contribution < 1.29 is 19.1 Å². The summed E-state index contributed by atoms with van der Waals surface area (Å²) in [5.74, 6) is -1.24. The highest BCUT2D eigenvalue weighted by Crippen LogP contribution is 2.18. The highest BCUT2D eigenvalue weighted by molar-refractivity contribution is 7.14. The first-order valence-corrected chi connectivity index (χ1v) is 8.81. The van der Waals surface area contributed by atoms with Gasteiger partial charge in [0.05, 0.1) is 22.9 Å². The van der Waals surface area contributed by atoms with Gasteiger partial charge in [-0.15, -0.1) is 11.3 Å². The molecule has 26 heavy (non-hydrogen) atoms. The van der Waals surface area contributed by atoms with Crippen LogP contribution in [-0.4, -0.2) is 23.8 Å². The molecule has 1 aromatic carbocycles. The number of ketones is 1. The van der Waals surface area contributed by atoms with Crippen LogP contribution in [0.1, 0.15) is 39.9 Å². The lowest BCUT2D eigenvalue weighted by Crippen LogP contribution is -2.30. The minimum Gasteiger partial charge on any atom is -0.453 e. The second-order valence-electron chi connectivity index (χ2n) is 5.65. The van der Waals surface area contributed by atoms with Crippen molar-refractivity contribution in [2.24, 2.45) is 0 Å². The van der Waals surface area contributed by atoms with Crippen LogP contribution < -0.4 is 5.32 Å². The fraction of sp³-hybridized carbons (Fsp3) is 0.263. The topological polar surface area (TPSA) is 96.3 Å². The summed E-state index contributed by atoms with van der Waals surface area (Å²) in [6.07, 6.45) is -1.05. The number of nitriles is 1. The third kappa shape index (κ3) is 5.53. The number of carbonyl (C=O) groups is 3. The van der Waals surface area contributed by atoms with Crippen molar-refractivity contribution >= 4 is 34.7 Å². The average molecular weight is 370 g/mol. The molecule has 0 unspecified atom stereocenters. The first kappa shape index (κ1) is 19.3. The number of anilines is 1. The van der Waals surface area contributed by atoms with Gasteiger partial charge >= 0.3 is 5.97 Å². The molecule has 1 atom stereocenters. The molecule has 0 aliphatic carbocycles. The van der Waals surface area contributed by atoms with Crippen LogP contribution >= 0.6 is 11.3 Å². The Balaban J connectivity index is 1.81. The number of hydrogen-bond acceptors (Lipinski definition) is 6. The van der Waals surface area contributed by atoms with Crippen molar-refractivity contribution in [3.05, 3.63) is 51.7 Å². The van der Waals surface area contributed by atoms with E-state index in [-0.39, 0.29) is 18.6 Å². The van der Waals surface area contributed by atoms with Crippen LogP contribution in [0.5, 0.6) is 0 Å². The Morgan fingerprint density at radius 3 is 2.65 bits per heavy atom. The van der Waals surface area contributed by atoms with Crippen LogP contribution in [-0.2, 0) is 14.3 Å². The van der Waals surface area contributed by atoms with Crippen LogP contribution in [0.25, 0.3) is 0 Å². The van der Waals surface area contributed by atoms with E-state index in [2.05, 4.69) is 5.32 Å². The largest absolute Gasteiger partial charge is 0.453 e. The summed E-state index contributed by atoms with van der Waals surface area (Å²) < 4.78 is 5.07. The number of Topliss-reactive ketones (excluding diaryl/α,β-unsaturated/α-hetero) is 1. The molecule has 0 saturated carbocycles. The Morgan fingerprint density at radius 1 is 1.23 bits per heavy atom. The Bertz CT molecular complexity index is 866. The predicted octanol–water partition coefficient (Wildman–Crippen LogP) is 3.46. The van der Waals surface area contributed by atoms with Gasteiger partial charge in [-0.25, -0.2) is 0 Å². The maximum absolute atomic E-state index is 12.1. The van der Waals surface area contributed by atoms with Gasteiger partial charge in [0, 0.05) is 17.0 Å². The summed E-state index contributed by atoms with van der Waals surface area (Å²) in [4.78, 5) is 37.6. The summed E-state index contributed by atoms with van der Waals surface area (Å²) in [5, 5.41) is 11.4. The molecule has 7 heteroatoms. The third-order valence-corrected chi connectivity index (χ3v) is 4.55. The zero-order chi connectivity index (χ0) is 19.1. The second-order valence-corrected chi connectivity index (χ2v) is 6.94. The lowest BCUT2D eigenvalue weighted by atomic mass is 10.2. The van der Waals surface area contributed by atoms with E-state index in [1.807, 2.05) is 19.1 Å². The van der Waals surface area contributed by atoms with Gasteiger partial charge in [-0.2, -0.15) is 5.26 Å². The van der Waals surface area contributed by atoms with Gasteiger partial charge in [0.15, 0.2) is 11.9 Å². The van der Waals surface area contributed by atoms with Crippen molar-refractivity contribution in [1.82, 2.24) is 0 Å². The number of ether oxygens (including phenoxy) is 1. The van der Waals surface area contributed by atoms with Gasteiger partial charge in [-0.05, 0) is 44.2 Å². The number of rotatable bonds is 7. The van der Waals surface area contributed by atoms with E-state index in [0.717, 1.165) is 4.88 Å². The number of amides is 1. The van der Waals surface area contributed by atoms with Crippen molar-refractivity contribution in [1.29, 1.82) is 5.26 Å². The molecule has 0 saturated heterocycles. The van der Waals surface area contributed by atoms with E-state index in [1.165, 1.54) is 24.3 Å². The van der Waals surface area contributed by atoms with E-state index in [1.54, 1.807) is 24.3 Å². The Hall–Kier alpha value is -2.98. The lowest BCUT2D eigenvalue weighted by Gasteiger charge is -2.13. The van der Waals surface area contributed by atoms with E-state index in [0.29, 0.717) is 16.1 Å². The molecule has 2 rings (SSSR count). The van der Waals surface area contributed by atoms with Crippen LogP contribution in [0.3, 0.4) is 0 Å². The summed E-state index contributed by atoms with van der Waals surface area (Å²) >= 11 is 1.38. The molecular weight excluding hydrogens is 352 g/mol. The number of hydrogen-bond donors (Lipinski definition) is 1. The molecule has 134 valence electrons. The summed E-state index contributed by atoms with van der Waals surface area (Å²) in [7, 11) is 0. The molecular formula is C19H18N2O4S. The Labute approximate surface area is 155 Å². The van der Waals surface area contributed by atoms with Gasteiger partial charge in [0.1, 0.15) is 0 Å². The SMILES string of the molecule is Cc1ccc(C(=O)CCC(=O)O[C@@H](C)C(=O)Nc2cccc(C#N)c2)s1. The quantitative estimate of drug-likeness (QED) is 0.595. The molecule has 2 aromatic rings. The highest BCUT2D eigenvalue weighted by atomic mass is 32.1. The number of nitrogens with zero attached hydrogens (tertiary/aromatic N) is 1. The molecule has 1 aromatic heterocycles. The Kier molecular flexibility index (Phi) is 6.64. The number of carbonyl (C=O) groups excluding carboxylic acids is 3. The fourth-order valence-electron chi connectivity index (χ4n) is 2.14. The van der Waals surface area contributed by atoms with Gasteiger partial charge in [-0.3, -0.25) is 14.4 Å². The number of nitrogens with one attached hydrogen (secondary N) is 1. The van der Waals surface area contributed by atoms with E-state index < -0.39 is 18.0 Å². The first-order valence-electron chi connectivity index (χ1n) is 7.99. The van der Waals surface area contributed by atoms with Gasteiger partial charge in [0.2, 0.25) is 0 Å². The number of benzene rings is 1. The van der Waals surface area contributed by atoms with Crippen molar-refractivity contribution in [2.45, 2.75) is 32.8 Å².